The maximum atomic E-state index is 12.8. The number of halogens is 1. The van der Waals surface area contributed by atoms with Crippen molar-refractivity contribution < 1.29 is 9.53 Å². The molecular formula is C18H25ClN4O3. The molecule has 0 radical (unpaired) electrons. The van der Waals surface area contributed by atoms with E-state index in [0.717, 1.165) is 12.0 Å². The van der Waals surface area contributed by atoms with E-state index in [0.29, 0.717) is 32.8 Å². The van der Waals surface area contributed by atoms with Crippen LogP contribution < -0.4 is 11.3 Å². The number of carbonyl (C=O) groups is 1. The van der Waals surface area contributed by atoms with Gasteiger partial charge in [0.05, 0.1) is 13.2 Å². The molecule has 1 aromatic carbocycles. The van der Waals surface area contributed by atoms with Crippen LogP contribution in [0.2, 0.25) is 0 Å². The molecule has 0 aliphatic carbocycles. The van der Waals surface area contributed by atoms with Crippen LogP contribution in [0.25, 0.3) is 0 Å². The van der Waals surface area contributed by atoms with Crippen LogP contribution in [0.1, 0.15) is 16.1 Å². The number of benzene rings is 1. The van der Waals surface area contributed by atoms with Gasteiger partial charge in [-0.2, -0.15) is 5.10 Å². The van der Waals surface area contributed by atoms with Crippen LogP contribution in [0, 0.1) is 0 Å². The first-order chi connectivity index (χ1) is 12.2. The first-order valence-corrected chi connectivity index (χ1v) is 8.26. The lowest BCUT2D eigenvalue weighted by atomic mass is 10.1. The second-order valence-corrected chi connectivity index (χ2v) is 5.59. The molecule has 1 amide bonds. The molecule has 26 heavy (non-hydrogen) atoms. The number of nitrogens with two attached hydrogens (primary N) is 1. The van der Waals surface area contributed by atoms with E-state index in [2.05, 4.69) is 5.10 Å². The third kappa shape index (κ3) is 6.25. The lowest BCUT2D eigenvalue weighted by Crippen LogP contribution is -2.38. The SMILES string of the molecule is COCCn1nc(C(=O)N(CCN)CCc2ccccc2)ccc1=O.Cl. The van der Waals surface area contributed by atoms with Gasteiger partial charge < -0.3 is 15.4 Å². The van der Waals surface area contributed by atoms with E-state index < -0.39 is 0 Å². The van der Waals surface area contributed by atoms with Gasteiger partial charge >= 0.3 is 0 Å². The average molecular weight is 381 g/mol. The van der Waals surface area contributed by atoms with Gasteiger partial charge in [-0.05, 0) is 18.1 Å². The maximum Gasteiger partial charge on any atom is 0.274 e. The van der Waals surface area contributed by atoms with Gasteiger partial charge in [-0.3, -0.25) is 9.59 Å². The number of methoxy groups -OCH3 is 1. The van der Waals surface area contributed by atoms with E-state index >= 15 is 0 Å². The minimum absolute atomic E-state index is 0. The molecule has 0 saturated heterocycles. The normalized spacial score (nSPS) is 10.2. The maximum absolute atomic E-state index is 12.8. The van der Waals surface area contributed by atoms with Gasteiger partial charge in [0.2, 0.25) is 0 Å². The first kappa shape index (κ1) is 21.8. The number of hydrogen-bond donors (Lipinski definition) is 1. The Labute approximate surface area is 159 Å². The molecule has 0 fully saturated rings. The van der Waals surface area contributed by atoms with Crippen LogP contribution in [-0.2, 0) is 17.7 Å². The highest BCUT2D eigenvalue weighted by Gasteiger charge is 2.17. The third-order valence-corrected chi connectivity index (χ3v) is 3.79. The molecule has 0 saturated carbocycles. The Balaban J connectivity index is 0.00000338. The molecule has 0 bridgehead atoms. The van der Waals surface area contributed by atoms with Crippen LogP contribution >= 0.6 is 12.4 Å². The molecule has 1 heterocycles. The van der Waals surface area contributed by atoms with Gasteiger partial charge in [-0.1, -0.05) is 30.3 Å². The minimum Gasteiger partial charge on any atom is -0.383 e. The van der Waals surface area contributed by atoms with E-state index in [1.165, 1.54) is 16.8 Å². The van der Waals surface area contributed by atoms with Crippen molar-refractivity contribution in [1.82, 2.24) is 14.7 Å². The fraction of sp³-hybridized carbons (Fsp3) is 0.389. The molecule has 142 valence electrons. The Hall–Kier alpha value is -2.22. The Morgan fingerprint density at radius 3 is 2.58 bits per heavy atom. The van der Waals surface area contributed by atoms with Gasteiger partial charge in [-0.15, -0.1) is 12.4 Å². The summed E-state index contributed by atoms with van der Waals surface area (Å²) in [7, 11) is 1.55. The summed E-state index contributed by atoms with van der Waals surface area (Å²) in [5, 5.41) is 4.16. The van der Waals surface area contributed by atoms with E-state index in [9.17, 15) is 9.59 Å². The van der Waals surface area contributed by atoms with Crippen LogP contribution in [0.15, 0.2) is 47.3 Å². The van der Waals surface area contributed by atoms with Crippen molar-refractivity contribution >= 4 is 18.3 Å². The van der Waals surface area contributed by atoms with E-state index in [4.69, 9.17) is 10.5 Å². The highest BCUT2D eigenvalue weighted by atomic mass is 35.5. The zero-order valence-electron chi connectivity index (χ0n) is 14.8. The van der Waals surface area contributed by atoms with Crippen molar-refractivity contribution in [3.05, 3.63) is 64.1 Å². The second-order valence-electron chi connectivity index (χ2n) is 5.59. The molecule has 0 spiro atoms. The summed E-state index contributed by atoms with van der Waals surface area (Å²) >= 11 is 0. The van der Waals surface area contributed by atoms with Crippen LogP contribution in [0.4, 0.5) is 0 Å². The average Bonchev–Trinajstić information content (AvgIpc) is 2.64. The number of amides is 1. The number of ether oxygens (including phenoxy) is 1. The van der Waals surface area contributed by atoms with Crippen LogP contribution in [0.3, 0.4) is 0 Å². The van der Waals surface area contributed by atoms with Crippen molar-refractivity contribution in [2.24, 2.45) is 5.73 Å². The highest BCUT2D eigenvalue weighted by molar-refractivity contribution is 5.92. The number of rotatable bonds is 9. The highest BCUT2D eigenvalue weighted by Crippen LogP contribution is 2.05. The summed E-state index contributed by atoms with van der Waals surface area (Å²) in [6.07, 6.45) is 0.732. The fourth-order valence-corrected chi connectivity index (χ4v) is 2.44. The lowest BCUT2D eigenvalue weighted by molar-refractivity contribution is 0.0752. The first-order valence-electron chi connectivity index (χ1n) is 8.26. The lowest BCUT2D eigenvalue weighted by Gasteiger charge is -2.22. The largest absolute Gasteiger partial charge is 0.383 e. The number of aromatic nitrogens is 2. The van der Waals surface area contributed by atoms with Crippen molar-refractivity contribution in [2.45, 2.75) is 13.0 Å². The van der Waals surface area contributed by atoms with Crippen molar-refractivity contribution in [3.8, 4) is 0 Å². The van der Waals surface area contributed by atoms with E-state index in [-0.39, 0.29) is 29.6 Å². The fourth-order valence-electron chi connectivity index (χ4n) is 2.44. The van der Waals surface area contributed by atoms with E-state index in [1.807, 2.05) is 30.3 Å². The van der Waals surface area contributed by atoms with Crippen molar-refractivity contribution in [3.63, 3.8) is 0 Å². The summed E-state index contributed by atoms with van der Waals surface area (Å²) < 4.78 is 6.21. The van der Waals surface area contributed by atoms with Crippen molar-refractivity contribution in [2.75, 3.05) is 33.4 Å². The van der Waals surface area contributed by atoms with Gasteiger partial charge in [0, 0.05) is 32.8 Å². The van der Waals surface area contributed by atoms with Gasteiger partial charge in [0.1, 0.15) is 5.69 Å². The molecule has 2 rings (SSSR count). The monoisotopic (exact) mass is 380 g/mol. The summed E-state index contributed by atoms with van der Waals surface area (Å²) in [6.45, 7) is 2.00. The topological polar surface area (TPSA) is 90.5 Å². The number of carbonyl (C=O) groups excluding carboxylic acids is 1. The van der Waals surface area contributed by atoms with Crippen molar-refractivity contribution in [1.29, 1.82) is 0 Å². The quantitative estimate of drug-likeness (QED) is 0.699. The Morgan fingerprint density at radius 1 is 1.19 bits per heavy atom. The Kier molecular flexibility index (Phi) is 9.57. The smallest absolute Gasteiger partial charge is 0.274 e. The molecule has 1 aromatic heterocycles. The Bertz CT molecular complexity index is 737. The Morgan fingerprint density at radius 2 is 1.92 bits per heavy atom. The van der Waals surface area contributed by atoms with Crippen LogP contribution in [0.5, 0.6) is 0 Å². The molecule has 8 heteroatoms. The summed E-state index contributed by atoms with van der Waals surface area (Å²) in [5.74, 6) is -0.229. The summed E-state index contributed by atoms with van der Waals surface area (Å²) in [6, 6.07) is 12.8. The molecule has 0 aliphatic rings. The van der Waals surface area contributed by atoms with Gasteiger partial charge in [-0.25, -0.2) is 4.68 Å². The molecule has 0 atom stereocenters. The predicted octanol–water partition coefficient (Wildman–Crippen LogP) is 0.955. The van der Waals surface area contributed by atoms with Crippen LogP contribution in [-0.4, -0.2) is 53.9 Å². The van der Waals surface area contributed by atoms with E-state index in [1.54, 1.807) is 12.0 Å². The molecule has 7 nitrogen and oxygen atoms in total. The number of nitrogens with zero attached hydrogens (tertiary/aromatic N) is 3. The van der Waals surface area contributed by atoms with Gasteiger partial charge in [0.25, 0.3) is 11.5 Å². The zero-order chi connectivity index (χ0) is 18.1. The third-order valence-electron chi connectivity index (χ3n) is 3.79. The molecule has 2 aromatic rings. The molecular weight excluding hydrogens is 356 g/mol. The second kappa shape index (κ2) is 11.4. The molecule has 0 unspecified atom stereocenters. The van der Waals surface area contributed by atoms with Gasteiger partial charge in [0.15, 0.2) is 0 Å². The standard InChI is InChI=1S/C18H24N4O3.ClH/c1-25-14-13-22-17(23)8-7-16(20-22)18(24)21(12-10-19)11-9-15-5-3-2-4-6-15;/h2-8H,9-14,19H2,1H3;1H. The summed E-state index contributed by atoms with van der Waals surface area (Å²) in [4.78, 5) is 26.2. The molecule has 2 N–H and O–H groups in total. The minimum atomic E-state index is -0.261. The molecule has 0 aliphatic heterocycles. The number of hydrogen-bond acceptors (Lipinski definition) is 5. The predicted molar refractivity (Wildman–Crippen MR) is 103 cm³/mol. The zero-order valence-corrected chi connectivity index (χ0v) is 15.7. The summed E-state index contributed by atoms with van der Waals surface area (Å²) in [5.41, 5.74) is 6.77.